The molecule has 2 aromatic carbocycles. The summed E-state index contributed by atoms with van der Waals surface area (Å²) in [5.41, 5.74) is 1.95. The maximum Gasteiger partial charge on any atom is 0.266 e. The first kappa shape index (κ1) is 15.2. The van der Waals surface area contributed by atoms with E-state index in [2.05, 4.69) is 31.0 Å². The predicted molar refractivity (Wildman–Crippen MR) is 90.8 cm³/mol. The van der Waals surface area contributed by atoms with Gasteiger partial charge in [-0.1, -0.05) is 41.9 Å². The summed E-state index contributed by atoms with van der Waals surface area (Å²) in [6, 6.07) is 17.3. The normalized spacial score (nSPS) is 11.7. The van der Waals surface area contributed by atoms with Gasteiger partial charge >= 0.3 is 0 Å². The van der Waals surface area contributed by atoms with Gasteiger partial charge in [0.15, 0.2) is 0 Å². The number of rotatable bonds is 5. The Bertz CT molecular complexity index is 746. The van der Waals surface area contributed by atoms with Gasteiger partial charge in [-0.2, -0.15) is 0 Å². The van der Waals surface area contributed by atoms with E-state index in [9.17, 15) is 0 Å². The lowest BCUT2D eigenvalue weighted by Gasteiger charge is -2.13. The van der Waals surface area contributed by atoms with E-state index >= 15 is 0 Å². The van der Waals surface area contributed by atoms with Gasteiger partial charge in [0, 0.05) is 10.7 Å². The summed E-state index contributed by atoms with van der Waals surface area (Å²) >= 11 is 5.84. The first-order chi connectivity index (χ1) is 11.2. The number of hydrogen-bond donors (Lipinski definition) is 2. The van der Waals surface area contributed by atoms with Gasteiger partial charge in [0.2, 0.25) is 0 Å². The maximum atomic E-state index is 5.84. The molecule has 3 aromatic rings. The lowest BCUT2D eigenvalue weighted by atomic mass is 10.1. The molecule has 23 heavy (non-hydrogen) atoms. The second-order valence-corrected chi connectivity index (χ2v) is 5.39. The van der Waals surface area contributed by atoms with Crippen molar-refractivity contribution in [2.75, 3.05) is 10.6 Å². The fraction of sp³-hybridized carbons (Fsp3) is 0.125. The van der Waals surface area contributed by atoms with Crippen LogP contribution in [-0.4, -0.2) is 20.4 Å². The Morgan fingerprint density at radius 3 is 2.09 bits per heavy atom. The van der Waals surface area contributed by atoms with Crippen molar-refractivity contribution < 1.29 is 0 Å². The van der Waals surface area contributed by atoms with Crippen molar-refractivity contribution >= 4 is 29.2 Å². The molecule has 6 nitrogen and oxygen atoms in total. The lowest BCUT2D eigenvalue weighted by Crippen LogP contribution is -2.12. The van der Waals surface area contributed by atoms with Crippen molar-refractivity contribution in [3.05, 3.63) is 65.2 Å². The zero-order valence-corrected chi connectivity index (χ0v) is 13.2. The Morgan fingerprint density at radius 1 is 0.826 bits per heavy atom. The van der Waals surface area contributed by atoms with E-state index in [1.165, 1.54) is 0 Å². The minimum absolute atomic E-state index is 0.0647. The van der Waals surface area contributed by atoms with Gasteiger partial charge in [-0.05, 0) is 36.8 Å². The van der Waals surface area contributed by atoms with Gasteiger partial charge in [-0.15, -0.1) is 20.4 Å². The Kier molecular flexibility index (Phi) is 4.63. The standard InChI is InChI=1S/C16H15ClN6/c1-11(12-5-3-2-4-6-12)18-15-20-22-16(23-21-15)19-14-9-7-13(17)8-10-14/h2-11H,1H3,(H,18,20,21)(H,19,22,23). The van der Waals surface area contributed by atoms with Crippen LogP contribution in [0.15, 0.2) is 54.6 Å². The summed E-state index contributed by atoms with van der Waals surface area (Å²) < 4.78 is 0. The van der Waals surface area contributed by atoms with Crippen molar-refractivity contribution in [3.63, 3.8) is 0 Å². The van der Waals surface area contributed by atoms with Crippen LogP contribution in [0.25, 0.3) is 0 Å². The third-order valence-electron chi connectivity index (χ3n) is 3.22. The van der Waals surface area contributed by atoms with Gasteiger partial charge in [0.05, 0.1) is 6.04 Å². The molecule has 0 saturated carbocycles. The Labute approximate surface area is 138 Å². The number of nitrogens with one attached hydrogen (secondary N) is 2. The average molecular weight is 327 g/mol. The van der Waals surface area contributed by atoms with E-state index in [1.54, 1.807) is 12.1 Å². The SMILES string of the molecule is CC(Nc1nnc(Nc2ccc(Cl)cc2)nn1)c1ccccc1. The molecule has 0 amide bonds. The summed E-state index contributed by atoms with van der Waals surface area (Å²) in [5.74, 6) is 0.702. The fourth-order valence-electron chi connectivity index (χ4n) is 2.02. The van der Waals surface area contributed by atoms with E-state index in [0.717, 1.165) is 11.3 Å². The molecule has 0 bridgehead atoms. The smallest absolute Gasteiger partial charge is 0.266 e. The molecule has 3 rings (SSSR count). The zero-order valence-electron chi connectivity index (χ0n) is 12.4. The molecule has 0 fully saturated rings. The molecule has 0 aliphatic carbocycles. The second-order valence-electron chi connectivity index (χ2n) is 4.96. The molecule has 7 heteroatoms. The minimum Gasteiger partial charge on any atom is -0.345 e. The highest BCUT2D eigenvalue weighted by Gasteiger charge is 2.08. The van der Waals surface area contributed by atoms with Crippen LogP contribution in [0, 0.1) is 0 Å². The van der Waals surface area contributed by atoms with Crippen LogP contribution >= 0.6 is 11.6 Å². The molecule has 0 aliphatic heterocycles. The fourth-order valence-corrected chi connectivity index (χ4v) is 2.14. The van der Waals surface area contributed by atoms with Crippen molar-refractivity contribution in [2.24, 2.45) is 0 Å². The summed E-state index contributed by atoms with van der Waals surface area (Å²) in [6.45, 7) is 2.03. The molecule has 0 saturated heterocycles. The summed E-state index contributed by atoms with van der Waals surface area (Å²) in [4.78, 5) is 0. The van der Waals surface area contributed by atoms with E-state index in [0.29, 0.717) is 16.9 Å². The highest BCUT2D eigenvalue weighted by atomic mass is 35.5. The summed E-state index contributed by atoms with van der Waals surface area (Å²) in [7, 11) is 0. The number of nitrogens with zero attached hydrogens (tertiary/aromatic N) is 4. The Balaban J connectivity index is 1.64. The topological polar surface area (TPSA) is 75.6 Å². The van der Waals surface area contributed by atoms with E-state index in [4.69, 9.17) is 11.6 Å². The molecule has 0 radical (unpaired) electrons. The molecular formula is C16H15ClN6. The molecule has 1 unspecified atom stereocenters. The van der Waals surface area contributed by atoms with E-state index in [-0.39, 0.29) is 6.04 Å². The van der Waals surface area contributed by atoms with Gasteiger partial charge in [0.1, 0.15) is 0 Å². The highest BCUT2D eigenvalue weighted by Crippen LogP contribution is 2.17. The number of anilines is 3. The number of aromatic nitrogens is 4. The van der Waals surface area contributed by atoms with Gasteiger partial charge in [-0.25, -0.2) is 0 Å². The number of hydrogen-bond acceptors (Lipinski definition) is 6. The third kappa shape index (κ3) is 4.14. The summed E-state index contributed by atoms with van der Waals surface area (Å²) in [6.07, 6.45) is 0. The molecule has 1 atom stereocenters. The van der Waals surface area contributed by atoms with Crippen molar-refractivity contribution in [1.29, 1.82) is 0 Å². The number of benzene rings is 2. The van der Waals surface area contributed by atoms with E-state index < -0.39 is 0 Å². The minimum atomic E-state index is 0.0647. The van der Waals surface area contributed by atoms with Crippen LogP contribution in [0.5, 0.6) is 0 Å². The van der Waals surface area contributed by atoms with Gasteiger partial charge in [-0.3, -0.25) is 0 Å². The molecule has 1 heterocycles. The number of halogens is 1. The Hall–Kier alpha value is -2.73. The average Bonchev–Trinajstić information content (AvgIpc) is 2.59. The Morgan fingerprint density at radius 2 is 1.43 bits per heavy atom. The van der Waals surface area contributed by atoms with Crippen LogP contribution in [0.3, 0.4) is 0 Å². The molecule has 2 N–H and O–H groups in total. The quantitative estimate of drug-likeness (QED) is 0.742. The highest BCUT2D eigenvalue weighted by molar-refractivity contribution is 6.30. The molecule has 0 spiro atoms. The van der Waals surface area contributed by atoms with Crippen LogP contribution in [0.2, 0.25) is 5.02 Å². The lowest BCUT2D eigenvalue weighted by molar-refractivity contribution is 0.805. The van der Waals surface area contributed by atoms with Crippen molar-refractivity contribution in [1.82, 2.24) is 20.4 Å². The molecular weight excluding hydrogens is 312 g/mol. The molecule has 116 valence electrons. The molecule has 0 aliphatic rings. The van der Waals surface area contributed by atoms with Gasteiger partial charge < -0.3 is 10.6 Å². The van der Waals surface area contributed by atoms with E-state index in [1.807, 2.05) is 49.4 Å². The summed E-state index contributed by atoms with van der Waals surface area (Å²) in [5, 5.41) is 22.9. The van der Waals surface area contributed by atoms with Crippen LogP contribution < -0.4 is 10.6 Å². The monoisotopic (exact) mass is 326 g/mol. The van der Waals surface area contributed by atoms with Crippen molar-refractivity contribution in [3.8, 4) is 0 Å². The zero-order chi connectivity index (χ0) is 16.1. The van der Waals surface area contributed by atoms with Crippen molar-refractivity contribution in [2.45, 2.75) is 13.0 Å². The van der Waals surface area contributed by atoms with Gasteiger partial charge in [0.25, 0.3) is 11.9 Å². The first-order valence-electron chi connectivity index (χ1n) is 7.12. The first-order valence-corrected chi connectivity index (χ1v) is 7.50. The molecule has 1 aromatic heterocycles. The van der Waals surface area contributed by atoms with Crippen LogP contribution in [0.1, 0.15) is 18.5 Å². The largest absolute Gasteiger partial charge is 0.345 e. The third-order valence-corrected chi connectivity index (χ3v) is 3.48. The van der Waals surface area contributed by atoms with Crippen LogP contribution in [-0.2, 0) is 0 Å². The maximum absolute atomic E-state index is 5.84. The van der Waals surface area contributed by atoms with Crippen LogP contribution in [0.4, 0.5) is 17.6 Å². The predicted octanol–water partition coefficient (Wildman–Crippen LogP) is 3.84. The second kappa shape index (κ2) is 7.02.